The van der Waals surface area contributed by atoms with Gasteiger partial charge in [0.2, 0.25) is 0 Å². The van der Waals surface area contributed by atoms with E-state index in [1.54, 1.807) is 0 Å². The Morgan fingerprint density at radius 3 is 2.85 bits per heavy atom. The van der Waals surface area contributed by atoms with Gasteiger partial charge in [-0.3, -0.25) is 4.79 Å². The summed E-state index contributed by atoms with van der Waals surface area (Å²) in [6.45, 7) is 4.84. The van der Waals surface area contributed by atoms with Gasteiger partial charge < -0.3 is 14.6 Å². The van der Waals surface area contributed by atoms with Gasteiger partial charge in [-0.1, -0.05) is 31.9 Å². The predicted molar refractivity (Wildman–Crippen MR) is 103 cm³/mol. The minimum atomic E-state index is -1.25. The monoisotopic (exact) mass is 374 g/mol. The third-order valence-electron chi connectivity index (χ3n) is 8.72. The summed E-state index contributed by atoms with van der Waals surface area (Å²) in [5, 5.41) is 9.49. The van der Waals surface area contributed by atoms with E-state index in [-0.39, 0.29) is 17.9 Å². The van der Waals surface area contributed by atoms with E-state index in [0.717, 1.165) is 31.1 Å². The Balaban J connectivity index is 1.58. The van der Waals surface area contributed by atoms with E-state index in [1.807, 2.05) is 0 Å². The second kappa shape index (κ2) is 7.02. The quantitative estimate of drug-likeness (QED) is 0.455. The van der Waals surface area contributed by atoms with Crippen molar-refractivity contribution in [3.8, 4) is 0 Å². The van der Waals surface area contributed by atoms with Gasteiger partial charge in [0.1, 0.15) is 18.5 Å². The fraction of sp³-hybridized carbons (Fsp3) is 0.826. The van der Waals surface area contributed by atoms with Crippen LogP contribution in [0.2, 0.25) is 0 Å². The molecule has 0 aromatic rings. The van der Waals surface area contributed by atoms with Gasteiger partial charge >= 0.3 is 5.97 Å². The number of carbonyl (C=O) groups excluding carboxylic acids is 2. The van der Waals surface area contributed by atoms with Gasteiger partial charge in [0.15, 0.2) is 0 Å². The Morgan fingerprint density at radius 1 is 1.26 bits per heavy atom. The van der Waals surface area contributed by atoms with Crippen molar-refractivity contribution in [2.75, 3.05) is 0 Å². The number of esters is 1. The van der Waals surface area contributed by atoms with Crippen LogP contribution in [-0.4, -0.2) is 29.6 Å². The minimum absolute atomic E-state index is 0.0765. The van der Waals surface area contributed by atoms with Gasteiger partial charge in [-0.2, -0.15) is 0 Å². The molecular formula is C23H34O4. The van der Waals surface area contributed by atoms with Crippen LogP contribution in [0.25, 0.3) is 0 Å². The maximum absolute atomic E-state index is 12.3. The van der Waals surface area contributed by atoms with E-state index in [0.29, 0.717) is 17.6 Å². The number of hydrogen-bond donors (Lipinski definition) is 1. The molecule has 0 aromatic carbocycles. The molecule has 3 saturated carbocycles. The van der Waals surface area contributed by atoms with Gasteiger partial charge in [0.05, 0.1) is 6.42 Å². The molecule has 3 fully saturated rings. The van der Waals surface area contributed by atoms with Crippen LogP contribution in [0, 0.1) is 28.6 Å². The zero-order valence-corrected chi connectivity index (χ0v) is 16.8. The number of hydrogen-bond acceptors (Lipinski definition) is 4. The van der Waals surface area contributed by atoms with Crippen molar-refractivity contribution in [1.82, 2.24) is 0 Å². The number of ether oxygens (including phenoxy) is 1. The maximum Gasteiger partial charge on any atom is 0.309 e. The summed E-state index contributed by atoms with van der Waals surface area (Å²) in [6, 6.07) is 0. The van der Waals surface area contributed by atoms with Crippen LogP contribution in [0.5, 0.6) is 0 Å². The molecule has 0 aliphatic heterocycles. The molecule has 7 atom stereocenters. The lowest BCUT2D eigenvalue weighted by Crippen LogP contribution is -2.54. The zero-order valence-electron chi connectivity index (χ0n) is 16.8. The number of rotatable bonds is 4. The summed E-state index contributed by atoms with van der Waals surface area (Å²) in [5.41, 5.74) is 1.94. The highest BCUT2D eigenvalue weighted by atomic mass is 16.5. The molecule has 0 spiro atoms. The van der Waals surface area contributed by atoms with Gasteiger partial charge in [0.25, 0.3) is 0 Å². The third kappa shape index (κ3) is 3.08. The van der Waals surface area contributed by atoms with E-state index < -0.39 is 12.1 Å². The second-order valence-electron chi connectivity index (χ2n) is 9.98. The number of aliphatic hydroxyl groups is 1. The van der Waals surface area contributed by atoms with Crippen molar-refractivity contribution in [3.63, 3.8) is 0 Å². The average Bonchev–Trinajstić information content (AvgIpc) is 3.04. The lowest BCUT2D eigenvalue weighted by atomic mass is 9.47. The molecule has 2 unspecified atom stereocenters. The lowest BCUT2D eigenvalue weighted by Gasteiger charge is -2.59. The van der Waals surface area contributed by atoms with Crippen molar-refractivity contribution in [2.24, 2.45) is 28.6 Å². The summed E-state index contributed by atoms with van der Waals surface area (Å²) in [4.78, 5) is 23.0. The Kier molecular flexibility index (Phi) is 4.99. The minimum Gasteiger partial charge on any atom is -0.461 e. The first-order valence-corrected chi connectivity index (χ1v) is 10.9. The van der Waals surface area contributed by atoms with Crippen LogP contribution in [0.15, 0.2) is 11.6 Å². The van der Waals surface area contributed by atoms with Crippen molar-refractivity contribution in [3.05, 3.63) is 11.6 Å². The fourth-order valence-electron chi connectivity index (χ4n) is 7.34. The van der Waals surface area contributed by atoms with Crippen molar-refractivity contribution in [1.29, 1.82) is 0 Å². The topological polar surface area (TPSA) is 63.6 Å². The molecule has 4 aliphatic carbocycles. The zero-order chi connectivity index (χ0) is 19.2. The molecule has 0 aromatic heterocycles. The number of fused-ring (bicyclic) bond motifs is 5. The van der Waals surface area contributed by atoms with E-state index in [1.165, 1.54) is 44.1 Å². The first kappa shape index (κ1) is 19.2. The highest BCUT2D eigenvalue weighted by Gasteiger charge is 2.59. The fourth-order valence-corrected chi connectivity index (χ4v) is 7.34. The summed E-state index contributed by atoms with van der Waals surface area (Å²) in [5.74, 6) is 1.71. The molecule has 4 heteroatoms. The van der Waals surface area contributed by atoms with E-state index in [2.05, 4.69) is 19.9 Å². The van der Waals surface area contributed by atoms with Crippen LogP contribution >= 0.6 is 0 Å². The summed E-state index contributed by atoms with van der Waals surface area (Å²) >= 11 is 0. The largest absolute Gasteiger partial charge is 0.461 e. The van der Waals surface area contributed by atoms with Gasteiger partial charge in [0, 0.05) is 5.41 Å². The summed E-state index contributed by atoms with van der Waals surface area (Å²) in [6.07, 6.45) is 12.1. The van der Waals surface area contributed by atoms with Crippen LogP contribution < -0.4 is 0 Å². The molecule has 150 valence electrons. The SMILES string of the molecule is C[C@@]12CCC[C@H]1[C@@H]1CCC3=CCCC(OC(=O)CC(O)C=O)[C@]3(C)[C@H]1CC2. The molecule has 1 N–H and O–H groups in total. The highest BCUT2D eigenvalue weighted by Crippen LogP contribution is 2.65. The van der Waals surface area contributed by atoms with Gasteiger partial charge in [-0.05, 0) is 74.5 Å². The second-order valence-corrected chi connectivity index (χ2v) is 9.98. The standard InChI is InChI=1S/C23H34O4/c1-22-11-4-6-18(22)17-9-8-15-5-3-7-20(23(15,2)19(17)10-12-22)27-21(26)13-16(25)14-24/h5,14,16-20,25H,3-4,6-13H2,1-2H3/t16?,17-,18-,19-,20?,22-,23-/m0/s1. The molecule has 0 bridgehead atoms. The lowest BCUT2D eigenvalue weighted by molar-refractivity contribution is -0.166. The number of aldehydes is 1. The van der Waals surface area contributed by atoms with Crippen LogP contribution in [0.3, 0.4) is 0 Å². The summed E-state index contributed by atoms with van der Waals surface area (Å²) < 4.78 is 5.92. The van der Waals surface area contributed by atoms with Gasteiger partial charge in [-0.15, -0.1) is 0 Å². The first-order chi connectivity index (χ1) is 12.9. The smallest absolute Gasteiger partial charge is 0.309 e. The normalized spacial score (nSPS) is 44.3. The molecule has 0 saturated heterocycles. The Bertz CT molecular complexity index is 640. The Morgan fingerprint density at radius 2 is 2.07 bits per heavy atom. The van der Waals surface area contributed by atoms with E-state index >= 15 is 0 Å². The van der Waals surface area contributed by atoms with Crippen molar-refractivity contribution in [2.45, 2.75) is 90.3 Å². The highest BCUT2D eigenvalue weighted by molar-refractivity contribution is 5.75. The van der Waals surface area contributed by atoms with Crippen LogP contribution in [-0.2, 0) is 14.3 Å². The molecule has 4 rings (SSSR count). The Hall–Kier alpha value is -1.16. The molecule has 0 radical (unpaired) electrons. The Labute approximate surface area is 162 Å². The van der Waals surface area contributed by atoms with Crippen LogP contribution in [0.1, 0.15) is 78.1 Å². The predicted octanol–water partition coefficient (Wildman–Crippen LogP) is 4.20. The molecule has 27 heavy (non-hydrogen) atoms. The van der Waals surface area contributed by atoms with Crippen LogP contribution in [0.4, 0.5) is 0 Å². The molecule has 4 aliphatic rings. The first-order valence-electron chi connectivity index (χ1n) is 10.9. The molecular weight excluding hydrogens is 340 g/mol. The molecule has 0 amide bonds. The van der Waals surface area contributed by atoms with Crippen molar-refractivity contribution < 1.29 is 19.4 Å². The average molecular weight is 375 g/mol. The number of aliphatic hydroxyl groups excluding tert-OH is 1. The molecule has 4 nitrogen and oxygen atoms in total. The number of carbonyl (C=O) groups is 2. The number of allylic oxidation sites excluding steroid dienone is 1. The molecule has 0 heterocycles. The third-order valence-corrected chi connectivity index (χ3v) is 8.72. The van der Waals surface area contributed by atoms with E-state index in [4.69, 9.17) is 4.74 Å². The van der Waals surface area contributed by atoms with Gasteiger partial charge in [-0.25, -0.2) is 0 Å². The van der Waals surface area contributed by atoms with E-state index in [9.17, 15) is 14.7 Å². The van der Waals surface area contributed by atoms with Crippen molar-refractivity contribution >= 4 is 12.3 Å². The summed E-state index contributed by atoms with van der Waals surface area (Å²) in [7, 11) is 0. The maximum atomic E-state index is 12.3.